The lowest BCUT2D eigenvalue weighted by molar-refractivity contribution is -0.129. The van der Waals surface area contributed by atoms with Crippen molar-refractivity contribution >= 4 is 21.7 Å². The molecule has 20 heavy (non-hydrogen) atoms. The topological polar surface area (TPSA) is 20.3 Å². The van der Waals surface area contributed by atoms with Gasteiger partial charge >= 0.3 is 0 Å². The monoisotopic (exact) mass is 347 g/mol. The van der Waals surface area contributed by atoms with Crippen molar-refractivity contribution in [3.05, 3.63) is 33.8 Å². The molecule has 0 atom stereocenters. The summed E-state index contributed by atoms with van der Waals surface area (Å²) in [7, 11) is 3.64. The zero-order valence-electron chi connectivity index (χ0n) is 12.3. The van der Waals surface area contributed by atoms with Gasteiger partial charge in [-0.15, -0.1) is 0 Å². The van der Waals surface area contributed by atoms with Gasteiger partial charge in [-0.3, -0.25) is 9.69 Å². The Labute approximate surface area is 127 Å². The Morgan fingerprint density at radius 2 is 1.80 bits per heavy atom. The lowest BCUT2D eigenvalue weighted by Crippen LogP contribution is -2.51. The van der Waals surface area contributed by atoms with Crippen LogP contribution in [-0.2, 0) is 11.2 Å². The minimum Gasteiger partial charge on any atom is -0.297 e. The van der Waals surface area contributed by atoms with Crippen LogP contribution < -0.4 is 0 Å². The lowest BCUT2D eigenvalue weighted by atomic mass is 9.83. The van der Waals surface area contributed by atoms with Gasteiger partial charge in [0, 0.05) is 12.0 Å². The van der Waals surface area contributed by atoms with Crippen molar-refractivity contribution in [1.82, 2.24) is 4.90 Å². The summed E-state index contributed by atoms with van der Waals surface area (Å²) in [5.41, 5.74) is -0.848. The van der Waals surface area contributed by atoms with E-state index in [0.29, 0.717) is 12.8 Å². The summed E-state index contributed by atoms with van der Waals surface area (Å²) < 4.78 is 27.9. The second-order valence-electron chi connectivity index (χ2n) is 5.05. The van der Waals surface area contributed by atoms with E-state index >= 15 is 0 Å². The first-order chi connectivity index (χ1) is 9.30. The highest BCUT2D eigenvalue weighted by Gasteiger charge is 2.37. The number of Topliss-reactive ketones (excluding diaryl/α,β-unsaturated/α-hetero) is 1. The smallest absolute Gasteiger partial charge is 0.157 e. The van der Waals surface area contributed by atoms with Crippen molar-refractivity contribution in [3.63, 3.8) is 0 Å². The van der Waals surface area contributed by atoms with Crippen LogP contribution in [0.15, 0.2) is 16.6 Å². The molecule has 0 heterocycles. The molecule has 1 aromatic rings. The minimum absolute atomic E-state index is 0.164. The van der Waals surface area contributed by atoms with E-state index < -0.39 is 17.2 Å². The molecule has 0 saturated heterocycles. The van der Waals surface area contributed by atoms with Gasteiger partial charge in [0.05, 0.1) is 10.0 Å². The average Bonchev–Trinajstić information content (AvgIpc) is 2.41. The van der Waals surface area contributed by atoms with Crippen LogP contribution in [0.1, 0.15) is 32.3 Å². The molecular formula is C15H20BrF2NO. The van der Waals surface area contributed by atoms with Crippen LogP contribution >= 0.6 is 15.9 Å². The molecule has 0 aliphatic rings. The van der Waals surface area contributed by atoms with Gasteiger partial charge in [-0.05, 0) is 55.0 Å². The van der Waals surface area contributed by atoms with E-state index in [1.807, 2.05) is 32.8 Å². The van der Waals surface area contributed by atoms with Crippen LogP contribution in [0.3, 0.4) is 0 Å². The Bertz CT molecular complexity index is 499. The molecule has 0 radical (unpaired) electrons. The van der Waals surface area contributed by atoms with Crippen LogP contribution in [0.2, 0.25) is 0 Å². The van der Waals surface area contributed by atoms with Crippen molar-refractivity contribution < 1.29 is 13.6 Å². The molecular weight excluding hydrogens is 328 g/mol. The third kappa shape index (κ3) is 3.09. The van der Waals surface area contributed by atoms with Crippen LogP contribution in [0, 0.1) is 11.6 Å². The van der Waals surface area contributed by atoms with Gasteiger partial charge in [0.15, 0.2) is 5.78 Å². The molecule has 0 spiro atoms. The number of rotatable bonds is 6. The normalized spacial score (nSPS) is 12.0. The number of carbonyl (C=O) groups is 1. The van der Waals surface area contributed by atoms with Crippen LogP contribution in [0.4, 0.5) is 8.78 Å². The third-order valence-electron chi connectivity index (χ3n) is 4.02. The maximum Gasteiger partial charge on any atom is 0.157 e. The predicted octanol–water partition coefficient (Wildman–Crippen LogP) is 3.96. The van der Waals surface area contributed by atoms with Gasteiger partial charge in [-0.25, -0.2) is 8.78 Å². The van der Waals surface area contributed by atoms with Gasteiger partial charge in [-0.2, -0.15) is 0 Å². The largest absolute Gasteiger partial charge is 0.297 e. The van der Waals surface area contributed by atoms with Gasteiger partial charge in [0.2, 0.25) is 0 Å². The fourth-order valence-corrected chi connectivity index (χ4v) is 2.95. The molecule has 0 N–H and O–H groups in total. The number of benzene rings is 1. The summed E-state index contributed by atoms with van der Waals surface area (Å²) in [6.07, 6.45) is 0.968. The zero-order valence-corrected chi connectivity index (χ0v) is 13.9. The Morgan fingerprint density at radius 1 is 1.25 bits per heavy atom. The van der Waals surface area contributed by atoms with E-state index in [2.05, 4.69) is 15.9 Å². The third-order valence-corrected chi connectivity index (χ3v) is 4.63. The number of hydrogen-bond acceptors (Lipinski definition) is 2. The SMILES string of the molecule is CCC(CC)(C(=O)Cc1c(F)ccc(Br)c1F)N(C)C. The highest BCUT2D eigenvalue weighted by Crippen LogP contribution is 2.28. The summed E-state index contributed by atoms with van der Waals surface area (Å²) in [5, 5.41) is 0. The second-order valence-corrected chi connectivity index (χ2v) is 5.91. The highest BCUT2D eigenvalue weighted by molar-refractivity contribution is 9.10. The molecule has 0 bridgehead atoms. The second kappa shape index (κ2) is 6.76. The molecule has 0 aromatic heterocycles. The molecule has 5 heteroatoms. The van der Waals surface area contributed by atoms with E-state index in [-0.39, 0.29) is 22.2 Å². The minimum atomic E-state index is -0.696. The molecule has 1 aromatic carbocycles. The molecule has 1 rings (SSSR count). The summed E-state index contributed by atoms with van der Waals surface area (Å²) in [4.78, 5) is 14.4. The van der Waals surface area contributed by atoms with Crippen molar-refractivity contribution in [3.8, 4) is 0 Å². The Balaban J connectivity index is 3.16. The molecule has 0 unspecified atom stereocenters. The molecule has 0 saturated carbocycles. The average molecular weight is 348 g/mol. The number of likely N-dealkylation sites (N-methyl/N-ethyl adjacent to an activating group) is 1. The highest BCUT2D eigenvalue weighted by atomic mass is 79.9. The van der Waals surface area contributed by atoms with Crippen LogP contribution in [-0.4, -0.2) is 30.3 Å². The Kier molecular flexibility index (Phi) is 5.83. The molecule has 0 aliphatic carbocycles. The summed E-state index contributed by atoms with van der Waals surface area (Å²) in [6.45, 7) is 3.82. The summed E-state index contributed by atoms with van der Waals surface area (Å²) >= 11 is 3.02. The first-order valence-electron chi connectivity index (χ1n) is 6.63. The fourth-order valence-electron chi connectivity index (χ4n) is 2.58. The van der Waals surface area contributed by atoms with Crippen molar-refractivity contribution in [2.75, 3.05) is 14.1 Å². The zero-order chi connectivity index (χ0) is 15.5. The van der Waals surface area contributed by atoms with Crippen LogP contribution in [0.5, 0.6) is 0 Å². The predicted molar refractivity (Wildman–Crippen MR) is 79.8 cm³/mol. The van der Waals surface area contributed by atoms with Gasteiger partial charge in [0.25, 0.3) is 0 Å². The maximum absolute atomic E-state index is 14.0. The van der Waals surface area contributed by atoms with E-state index in [4.69, 9.17) is 0 Å². The molecule has 0 aliphatic heterocycles. The first-order valence-corrected chi connectivity index (χ1v) is 7.42. The van der Waals surface area contributed by atoms with E-state index in [1.54, 1.807) is 0 Å². The first kappa shape index (κ1) is 17.2. The molecule has 0 fully saturated rings. The van der Waals surface area contributed by atoms with Crippen LogP contribution in [0.25, 0.3) is 0 Å². The maximum atomic E-state index is 14.0. The van der Waals surface area contributed by atoms with Crippen molar-refractivity contribution in [1.29, 1.82) is 0 Å². The standard InChI is InChI=1S/C15H20BrF2NO/c1-5-15(6-2,19(3)4)13(20)9-10-12(17)8-7-11(16)14(10)18/h7-8H,5-6,9H2,1-4H3. The van der Waals surface area contributed by atoms with E-state index in [1.165, 1.54) is 12.1 Å². The Hall–Kier alpha value is -0.810. The number of carbonyl (C=O) groups excluding carboxylic acids is 1. The molecule has 112 valence electrons. The number of hydrogen-bond donors (Lipinski definition) is 0. The van der Waals surface area contributed by atoms with Gasteiger partial charge < -0.3 is 0 Å². The number of ketones is 1. The number of nitrogens with zero attached hydrogens (tertiary/aromatic N) is 1. The molecule has 2 nitrogen and oxygen atoms in total. The van der Waals surface area contributed by atoms with Gasteiger partial charge in [0.1, 0.15) is 11.6 Å². The van der Waals surface area contributed by atoms with E-state index in [9.17, 15) is 13.6 Å². The summed E-state index contributed by atoms with van der Waals surface area (Å²) in [6, 6.07) is 2.47. The van der Waals surface area contributed by atoms with E-state index in [0.717, 1.165) is 0 Å². The quantitative estimate of drug-likeness (QED) is 0.726. The lowest BCUT2D eigenvalue weighted by Gasteiger charge is -2.37. The van der Waals surface area contributed by atoms with Crippen molar-refractivity contribution in [2.45, 2.75) is 38.6 Å². The summed E-state index contributed by atoms with van der Waals surface area (Å²) in [5.74, 6) is -1.54. The van der Waals surface area contributed by atoms with Crippen molar-refractivity contribution in [2.24, 2.45) is 0 Å². The Morgan fingerprint density at radius 3 is 2.25 bits per heavy atom. The molecule has 0 amide bonds. The number of halogens is 3. The fraction of sp³-hybridized carbons (Fsp3) is 0.533. The van der Waals surface area contributed by atoms with Gasteiger partial charge in [-0.1, -0.05) is 13.8 Å².